The Kier molecular flexibility index (Phi) is 2.13. The van der Waals surface area contributed by atoms with E-state index in [2.05, 4.69) is 37.9 Å². The predicted molar refractivity (Wildman–Crippen MR) is 51.1 cm³/mol. The van der Waals surface area contributed by atoms with Crippen molar-refractivity contribution in [3.8, 4) is 0 Å². The largest absolute Gasteiger partial charge is 0.382 e. The van der Waals surface area contributed by atoms with Gasteiger partial charge < -0.3 is 5.73 Å². The van der Waals surface area contributed by atoms with Crippen molar-refractivity contribution in [2.45, 2.75) is 39.5 Å². The van der Waals surface area contributed by atoms with Crippen LogP contribution in [0, 0.1) is 0 Å². The van der Waals surface area contributed by atoms with Crippen LogP contribution >= 0.6 is 0 Å². The summed E-state index contributed by atoms with van der Waals surface area (Å²) in [5.74, 6) is 0.641. The van der Waals surface area contributed by atoms with Crippen LogP contribution in [0.15, 0.2) is 0 Å². The third-order valence-electron chi connectivity index (χ3n) is 2.00. The van der Waals surface area contributed by atoms with Crippen molar-refractivity contribution >= 4 is 5.82 Å². The lowest BCUT2D eigenvalue weighted by atomic mass is 9.89. The molecular formula is C9H17N3. The lowest BCUT2D eigenvalue weighted by Crippen LogP contribution is -2.14. The third kappa shape index (κ3) is 1.44. The molecule has 0 saturated heterocycles. The SMILES string of the molecule is CCc1c(N)n[nH]c1C(C)(C)C. The zero-order valence-corrected chi connectivity index (χ0v) is 8.23. The summed E-state index contributed by atoms with van der Waals surface area (Å²) in [4.78, 5) is 0. The standard InChI is InChI=1S/C9H17N3/c1-5-6-7(9(2,3)4)11-12-8(6)10/h5H2,1-4H3,(H3,10,11,12). The fraction of sp³-hybridized carbons (Fsp3) is 0.667. The van der Waals surface area contributed by atoms with Gasteiger partial charge in [0.05, 0.1) is 0 Å². The van der Waals surface area contributed by atoms with Crippen LogP contribution in [0.4, 0.5) is 5.82 Å². The van der Waals surface area contributed by atoms with Crippen LogP contribution < -0.4 is 5.73 Å². The van der Waals surface area contributed by atoms with E-state index in [4.69, 9.17) is 5.73 Å². The van der Waals surface area contributed by atoms with Gasteiger partial charge in [-0.25, -0.2) is 0 Å². The molecule has 0 bridgehead atoms. The van der Waals surface area contributed by atoms with Gasteiger partial charge in [0, 0.05) is 16.7 Å². The summed E-state index contributed by atoms with van der Waals surface area (Å²) in [6.07, 6.45) is 0.939. The lowest BCUT2D eigenvalue weighted by Gasteiger charge is -2.17. The van der Waals surface area contributed by atoms with E-state index in [9.17, 15) is 0 Å². The number of nitrogens with two attached hydrogens (primary N) is 1. The van der Waals surface area contributed by atoms with Crippen LogP contribution in [-0.4, -0.2) is 10.2 Å². The molecule has 3 N–H and O–H groups in total. The molecule has 0 aliphatic rings. The summed E-state index contributed by atoms with van der Waals surface area (Å²) < 4.78 is 0. The van der Waals surface area contributed by atoms with Gasteiger partial charge in [0.25, 0.3) is 0 Å². The number of nitrogen functional groups attached to an aromatic ring is 1. The number of nitrogens with one attached hydrogen (secondary N) is 1. The second-order valence-corrected chi connectivity index (χ2v) is 4.07. The van der Waals surface area contributed by atoms with Gasteiger partial charge in [-0.15, -0.1) is 0 Å². The van der Waals surface area contributed by atoms with E-state index in [0.29, 0.717) is 5.82 Å². The van der Waals surface area contributed by atoms with E-state index >= 15 is 0 Å². The monoisotopic (exact) mass is 167 g/mol. The van der Waals surface area contributed by atoms with Gasteiger partial charge >= 0.3 is 0 Å². The molecule has 3 nitrogen and oxygen atoms in total. The molecule has 1 aromatic rings. The Morgan fingerprint density at radius 3 is 2.33 bits per heavy atom. The van der Waals surface area contributed by atoms with Crippen LogP contribution in [0.3, 0.4) is 0 Å². The third-order valence-corrected chi connectivity index (χ3v) is 2.00. The molecule has 12 heavy (non-hydrogen) atoms. The zero-order valence-electron chi connectivity index (χ0n) is 8.23. The number of H-pyrrole nitrogens is 1. The molecule has 1 heterocycles. The van der Waals surface area contributed by atoms with Crippen LogP contribution in [0.1, 0.15) is 39.0 Å². The van der Waals surface area contributed by atoms with Crippen LogP contribution in [0.5, 0.6) is 0 Å². The van der Waals surface area contributed by atoms with Crippen molar-refractivity contribution in [1.82, 2.24) is 10.2 Å². The molecule has 0 unspecified atom stereocenters. The quantitative estimate of drug-likeness (QED) is 0.670. The highest BCUT2D eigenvalue weighted by molar-refractivity contribution is 5.44. The molecule has 1 aromatic heterocycles. The molecule has 1 rings (SSSR count). The summed E-state index contributed by atoms with van der Waals surface area (Å²) >= 11 is 0. The normalized spacial score (nSPS) is 12.0. The maximum absolute atomic E-state index is 5.71. The molecule has 68 valence electrons. The van der Waals surface area contributed by atoms with Gasteiger partial charge in [-0.3, -0.25) is 5.10 Å². The maximum atomic E-state index is 5.71. The van der Waals surface area contributed by atoms with E-state index in [1.807, 2.05) is 0 Å². The van der Waals surface area contributed by atoms with E-state index in [-0.39, 0.29) is 5.41 Å². The van der Waals surface area contributed by atoms with Crippen molar-refractivity contribution < 1.29 is 0 Å². The fourth-order valence-electron chi connectivity index (χ4n) is 1.36. The summed E-state index contributed by atoms with van der Waals surface area (Å²) in [5, 5.41) is 7.00. The Hall–Kier alpha value is -0.990. The van der Waals surface area contributed by atoms with Crippen molar-refractivity contribution in [3.63, 3.8) is 0 Å². The van der Waals surface area contributed by atoms with Gasteiger partial charge in [0.1, 0.15) is 5.82 Å². The van der Waals surface area contributed by atoms with E-state index < -0.39 is 0 Å². The Labute approximate surface area is 73.4 Å². The van der Waals surface area contributed by atoms with Crippen molar-refractivity contribution in [1.29, 1.82) is 0 Å². The smallest absolute Gasteiger partial charge is 0.148 e. The maximum Gasteiger partial charge on any atom is 0.148 e. The predicted octanol–water partition coefficient (Wildman–Crippen LogP) is 1.85. The molecular weight excluding hydrogens is 150 g/mol. The zero-order chi connectivity index (χ0) is 9.35. The number of rotatable bonds is 1. The average molecular weight is 167 g/mol. The number of aromatic amines is 1. The van der Waals surface area contributed by atoms with Gasteiger partial charge in [-0.2, -0.15) is 5.10 Å². The average Bonchev–Trinajstić information content (AvgIpc) is 2.29. The van der Waals surface area contributed by atoms with Crippen LogP contribution in [0.25, 0.3) is 0 Å². The summed E-state index contributed by atoms with van der Waals surface area (Å²) in [7, 11) is 0. The van der Waals surface area contributed by atoms with Crippen molar-refractivity contribution in [2.24, 2.45) is 0 Å². The minimum absolute atomic E-state index is 0.107. The first kappa shape index (κ1) is 9.10. The summed E-state index contributed by atoms with van der Waals surface area (Å²) in [6.45, 7) is 8.55. The fourth-order valence-corrected chi connectivity index (χ4v) is 1.36. The Morgan fingerprint density at radius 1 is 1.42 bits per heavy atom. The van der Waals surface area contributed by atoms with Crippen LogP contribution in [0.2, 0.25) is 0 Å². The second kappa shape index (κ2) is 2.81. The molecule has 0 aromatic carbocycles. The number of hydrogen-bond acceptors (Lipinski definition) is 2. The van der Waals surface area contributed by atoms with Crippen molar-refractivity contribution in [3.05, 3.63) is 11.3 Å². The first-order valence-corrected chi connectivity index (χ1v) is 4.30. The molecule has 3 heteroatoms. The first-order valence-electron chi connectivity index (χ1n) is 4.30. The Balaban J connectivity index is 3.16. The molecule has 0 atom stereocenters. The molecule has 0 saturated carbocycles. The van der Waals surface area contributed by atoms with Crippen molar-refractivity contribution in [2.75, 3.05) is 5.73 Å². The summed E-state index contributed by atoms with van der Waals surface area (Å²) in [5.41, 5.74) is 8.12. The molecule has 0 spiro atoms. The highest BCUT2D eigenvalue weighted by Gasteiger charge is 2.21. The highest BCUT2D eigenvalue weighted by Crippen LogP contribution is 2.26. The minimum atomic E-state index is 0.107. The van der Waals surface area contributed by atoms with Gasteiger partial charge in [-0.1, -0.05) is 27.7 Å². The molecule has 0 amide bonds. The van der Waals surface area contributed by atoms with E-state index in [1.54, 1.807) is 0 Å². The highest BCUT2D eigenvalue weighted by atomic mass is 15.2. The molecule has 0 aliphatic heterocycles. The first-order chi connectivity index (χ1) is 5.46. The number of nitrogens with zero attached hydrogens (tertiary/aromatic N) is 1. The Bertz CT molecular complexity index is 268. The van der Waals surface area contributed by atoms with Crippen LogP contribution in [-0.2, 0) is 11.8 Å². The molecule has 0 radical (unpaired) electrons. The minimum Gasteiger partial charge on any atom is -0.382 e. The lowest BCUT2D eigenvalue weighted by molar-refractivity contribution is 0.561. The molecule has 0 aliphatic carbocycles. The number of aromatic nitrogens is 2. The van der Waals surface area contributed by atoms with Gasteiger partial charge in [0.15, 0.2) is 0 Å². The van der Waals surface area contributed by atoms with E-state index in [0.717, 1.165) is 17.7 Å². The van der Waals surface area contributed by atoms with Gasteiger partial charge in [0.2, 0.25) is 0 Å². The Morgan fingerprint density at radius 2 is 2.00 bits per heavy atom. The molecule has 0 fully saturated rings. The van der Waals surface area contributed by atoms with E-state index in [1.165, 1.54) is 0 Å². The van der Waals surface area contributed by atoms with Gasteiger partial charge in [-0.05, 0) is 6.42 Å². The summed E-state index contributed by atoms with van der Waals surface area (Å²) in [6, 6.07) is 0. The second-order valence-electron chi connectivity index (χ2n) is 4.07. The number of anilines is 1. The number of hydrogen-bond donors (Lipinski definition) is 2. The topological polar surface area (TPSA) is 54.7 Å².